The Labute approximate surface area is 95.0 Å². The average Bonchev–Trinajstić information content (AvgIpc) is 2.18. The van der Waals surface area contributed by atoms with E-state index >= 15 is 0 Å². The van der Waals surface area contributed by atoms with E-state index in [0.29, 0.717) is 6.54 Å². The molecule has 1 nitrogen and oxygen atoms in total. The maximum absolute atomic E-state index is 12.8. The largest absolute Gasteiger partial charge is 0.312 e. The van der Waals surface area contributed by atoms with Gasteiger partial charge in [-0.2, -0.15) is 0 Å². The lowest BCUT2D eigenvalue weighted by molar-refractivity contribution is 0.625. The van der Waals surface area contributed by atoms with Gasteiger partial charge in [0.2, 0.25) is 0 Å². The summed E-state index contributed by atoms with van der Waals surface area (Å²) in [5.41, 5.74) is 2.14. The maximum Gasteiger partial charge on any atom is 0.141 e. The highest BCUT2D eigenvalue weighted by Gasteiger charge is 2.00. The van der Waals surface area contributed by atoms with Gasteiger partial charge in [0.25, 0.3) is 0 Å². The second-order valence-electron chi connectivity index (χ2n) is 3.63. The zero-order valence-corrected chi connectivity index (χ0v) is 9.57. The molecule has 1 rings (SSSR count). The quantitative estimate of drug-likeness (QED) is 0.600. The maximum atomic E-state index is 12.8. The van der Waals surface area contributed by atoms with Crippen molar-refractivity contribution >= 4 is 11.6 Å². The van der Waals surface area contributed by atoms with Crippen molar-refractivity contribution in [2.75, 3.05) is 6.54 Å². The number of benzene rings is 1. The third-order valence-electron chi connectivity index (χ3n) is 2.04. The summed E-state index contributed by atoms with van der Waals surface area (Å²) in [5.74, 6) is -0.373. The van der Waals surface area contributed by atoms with Gasteiger partial charge in [-0.1, -0.05) is 23.2 Å². The van der Waals surface area contributed by atoms with E-state index in [4.69, 9.17) is 11.6 Å². The van der Waals surface area contributed by atoms with Crippen molar-refractivity contribution in [3.8, 4) is 0 Å². The molecule has 1 aromatic carbocycles. The van der Waals surface area contributed by atoms with Crippen molar-refractivity contribution in [3.63, 3.8) is 0 Å². The number of rotatable bonds is 5. The van der Waals surface area contributed by atoms with Gasteiger partial charge in [0.05, 0.1) is 5.02 Å². The van der Waals surface area contributed by atoms with Gasteiger partial charge in [0.1, 0.15) is 5.82 Å². The predicted octanol–water partition coefficient (Wildman–Crippen LogP) is 3.53. The Morgan fingerprint density at radius 2 is 2.27 bits per heavy atom. The third kappa shape index (κ3) is 4.45. The molecule has 0 fully saturated rings. The molecule has 0 aliphatic heterocycles. The lowest BCUT2D eigenvalue weighted by Gasteiger charge is -2.05. The summed E-state index contributed by atoms with van der Waals surface area (Å²) in [6.45, 7) is 7.39. The van der Waals surface area contributed by atoms with Gasteiger partial charge in [0.15, 0.2) is 0 Å². The van der Waals surface area contributed by atoms with Crippen molar-refractivity contribution in [1.82, 2.24) is 5.32 Å². The minimum atomic E-state index is -0.373. The van der Waals surface area contributed by atoms with Crippen molar-refractivity contribution in [2.24, 2.45) is 0 Å². The van der Waals surface area contributed by atoms with Gasteiger partial charge in [0, 0.05) is 6.54 Å². The monoisotopic (exact) mass is 227 g/mol. The fraction of sp³-hybridized carbons (Fsp3) is 0.333. The highest BCUT2D eigenvalue weighted by Crippen LogP contribution is 2.15. The molecule has 0 spiro atoms. The topological polar surface area (TPSA) is 12.0 Å². The second-order valence-corrected chi connectivity index (χ2v) is 4.04. The number of hydrogen-bond donors (Lipinski definition) is 1. The van der Waals surface area contributed by atoms with E-state index in [-0.39, 0.29) is 10.8 Å². The second kappa shape index (κ2) is 5.89. The number of hydrogen-bond acceptors (Lipinski definition) is 1. The molecule has 0 saturated heterocycles. The molecule has 0 heterocycles. The smallest absolute Gasteiger partial charge is 0.141 e. The zero-order valence-electron chi connectivity index (χ0n) is 8.82. The van der Waals surface area contributed by atoms with Crippen molar-refractivity contribution in [1.29, 1.82) is 0 Å². The van der Waals surface area contributed by atoms with Gasteiger partial charge in [-0.15, -0.1) is 6.58 Å². The summed E-state index contributed by atoms with van der Waals surface area (Å²) >= 11 is 5.66. The molecule has 0 atom stereocenters. The minimum absolute atomic E-state index is 0.175. The summed E-state index contributed by atoms with van der Waals surface area (Å²) in [6, 6.07) is 4.76. The van der Waals surface area contributed by atoms with E-state index in [9.17, 15) is 4.39 Å². The fourth-order valence-electron chi connectivity index (χ4n) is 1.18. The van der Waals surface area contributed by atoms with E-state index in [1.165, 1.54) is 6.07 Å². The van der Waals surface area contributed by atoms with Crippen molar-refractivity contribution in [2.45, 2.75) is 19.9 Å². The highest BCUT2D eigenvalue weighted by molar-refractivity contribution is 6.30. The summed E-state index contributed by atoms with van der Waals surface area (Å²) < 4.78 is 12.8. The molecule has 0 bridgehead atoms. The molecule has 1 N–H and O–H groups in total. The third-order valence-corrected chi connectivity index (χ3v) is 2.33. The zero-order chi connectivity index (χ0) is 11.3. The molecule has 15 heavy (non-hydrogen) atoms. The van der Waals surface area contributed by atoms with Crippen LogP contribution in [0.1, 0.15) is 18.9 Å². The molecule has 1 aromatic rings. The Hall–Kier alpha value is -0.860. The molecule has 3 heteroatoms. The van der Waals surface area contributed by atoms with Crippen LogP contribution in [-0.2, 0) is 6.54 Å². The van der Waals surface area contributed by atoms with Crippen LogP contribution in [-0.4, -0.2) is 6.54 Å². The molecule has 0 saturated carbocycles. The highest BCUT2D eigenvalue weighted by atomic mass is 35.5. The first-order chi connectivity index (χ1) is 7.09. The van der Waals surface area contributed by atoms with Crippen LogP contribution in [0.25, 0.3) is 0 Å². The Morgan fingerprint density at radius 1 is 1.53 bits per heavy atom. The first-order valence-corrected chi connectivity index (χ1v) is 5.26. The molecule has 82 valence electrons. The summed E-state index contributed by atoms with van der Waals surface area (Å²) in [7, 11) is 0. The average molecular weight is 228 g/mol. The van der Waals surface area contributed by atoms with Gasteiger partial charge in [-0.3, -0.25) is 0 Å². The van der Waals surface area contributed by atoms with E-state index in [2.05, 4.69) is 11.9 Å². The van der Waals surface area contributed by atoms with Crippen LogP contribution in [0.5, 0.6) is 0 Å². The van der Waals surface area contributed by atoms with Gasteiger partial charge in [-0.25, -0.2) is 4.39 Å². The molecule has 0 aromatic heterocycles. The van der Waals surface area contributed by atoms with Crippen LogP contribution in [0.3, 0.4) is 0 Å². The molecule has 0 unspecified atom stereocenters. The molecule has 0 aliphatic rings. The Kier molecular flexibility index (Phi) is 4.79. The lowest BCUT2D eigenvalue weighted by atomic mass is 10.2. The molecular formula is C12H15ClFN. The van der Waals surface area contributed by atoms with Crippen LogP contribution in [0.4, 0.5) is 4.39 Å². The van der Waals surface area contributed by atoms with Crippen LogP contribution in [0.15, 0.2) is 30.4 Å². The predicted molar refractivity (Wildman–Crippen MR) is 62.5 cm³/mol. The molecule has 0 radical (unpaired) electrons. The van der Waals surface area contributed by atoms with Crippen molar-refractivity contribution in [3.05, 3.63) is 46.8 Å². The van der Waals surface area contributed by atoms with E-state index in [0.717, 1.165) is 24.1 Å². The molecule has 0 amide bonds. The normalized spacial score (nSPS) is 10.3. The fourth-order valence-corrected chi connectivity index (χ4v) is 1.39. The van der Waals surface area contributed by atoms with Crippen molar-refractivity contribution < 1.29 is 4.39 Å². The summed E-state index contributed by atoms with van der Waals surface area (Å²) in [5, 5.41) is 3.41. The van der Waals surface area contributed by atoms with E-state index in [1.54, 1.807) is 12.1 Å². The SMILES string of the molecule is C=C(C)CCNCc1ccc(F)c(Cl)c1. The van der Waals surface area contributed by atoms with Crippen LogP contribution >= 0.6 is 11.6 Å². The first-order valence-electron chi connectivity index (χ1n) is 4.88. The first kappa shape index (κ1) is 12.2. The Morgan fingerprint density at radius 3 is 2.87 bits per heavy atom. The van der Waals surface area contributed by atoms with Crippen LogP contribution in [0, 0.1) is 5.82 Å². The van der Waals surface area contributed by atoms with Gasteiger partial charge in [-0.05, 0) is 37.6 Å². The standard InChI is InChI=1S/C12H15ClFN/c1-9(2)5-6-15-8-10-3-4-12(14)11(13)7-10/h3-4,7,15H,1,5-6,8H2,2H3. The molecular weight excluding hydrogens is 213 g/mol. The van der Waals surface area contributed by atoms with E-state index in [1.807, 2.05) is 6.92 Å². The Bertz CT molecular complexity index is 349. The van der Waals surface area contributed by atoms with Crippen LogP contribution < -0.4 is 5.32 Å². The summed E-state index contributed by atoms with van der Waals surface area (Å²) in [4.78, 5) is 0. The van der Waals surface area contributed by atoms with Gasteiger partial charge < -0.3 is 5.32 Å². The van der Waals surface area contributed by atoms with E-state index < -0.39 is 0 Å². The van der Waals surface area contributed by atoms with Crippen LogP contribution in [0.2, 0.25) is 5.02 Å². The summed E-state index contributed by atoms with van der Waals surface area (Å²) in [6.07, 6.45) is 0.953. The van der Waals surface area contributed by atoms with Gasteiger partial charge >= 0.3 is 0 Å². The lowest BCUT2D eigenvalue weighted by Crippen LogP contribution is -2.14. The molecule has 0 aliphatic carbocycles. The minimum Gasteiger partial charge on any atom is -0.312 e. The Balaban J connectivity index is 2.38. The number of nitrogens with one attached hydrogen (secondary N) is 1. The number of halogens is 2.